The van der Waals surface area contributed by atoms with Crippen LogP contribution in [0, 0.1) is 0 Å². The Morgan fingerprint density at radius 1 is 1.24 bits per heavy atom. The Bertz CT molecular complexity index is 573. The zero-order valence-corrected chi connectivity index (χ0v) is 12.5. The van der Waals surface area contributed by atoms with Gasteiger partial charge in [-0.2, -0.15) is 0 Å². The van der Waals surface area contributed by atoms with Crippen molar-refractivity contribution in [2.75, 3.05) is 0 Å². The number of ether oxygens (including phenoxy) is 1. The number of rotatable bonds is 6. The van der Waals surface area contributed by atoms with Gasteiger partial charge in [0.15, 0.2) is 6.10 Å². The predicted octanol–water partition coefficient (Wildman–Crippen LogP) is 3.21. The van der Waals surface area contributed by atoms with Crippen LogP contribution in [0.3, 0.4) is 0 Å². The molecule has 0 saturated heterocycles. The van der Waals surface area contributed by atoms with Gasteiger partial charge < -0.3 is 10.1 Å². The first kappa shape index (κ1) is 15.3. The molecule has 2 aromatic rings. The molecule has 1 aromatic carbocycles. The number of hydrogen-bond acceptors (Lipinski definition) is 3. The van der Waals surface area contributed by atoms with Crippen molar-refractivity contribution in [3.63, 3.8) is 0 Å². The summed E-state index contributed by atoms with van der Waals surface area (Å²) in [6, 6.07) is 10.7. The monoisotopic (exact) mass is 304 g/mol. The molecule has 4 nitrogen and oxygen atoms in total. The van der Waals surface area contributed by atoms with Crippen LogP contribution in [-0.4, -0.2) is 17.0 Å². The number of carbonyl (C=O) groups excluding carboxylic acids is 1. The van der Waals surface area contributed by atoms with E-state index in [9.17, 15) is 4.79 Å². The SMILES string of the molecule is CC[C@H](Oc1ccc(Cl)cc1)C(=O)NCc1ccncc1. The molecule has 0 unspecified atom stereocenters. The molecule has 0 aliphatic rings. The second-order valence-electron chi connectivity index (χ2n) is 4.54. The van der Waals surface area contributed by atoms with Gasteiger partial charge in [-0.1, -0.05) is 18.5 Å². The number of nitrogens with zero attached hydrogens (tertiary/aromatic N) is 1. The Morgan fingerprint density at radius 3 is 2.52 bits per heavy atom. The molecule has 1 heterocycles. The van der Waals surface area contributed by atoms with Crippen molar-refractivity contribution in [1.82, 2.24) is 10.3 Å². The lowest BCUT2D eigenvalue weighted by Gasteiger charge is -2.17. The van der Waals surface area contributed by atoms with E-state index in [4.69, 9.17) is 16.3 Å². The van der Waals surface area contributed by atoms with Gasteiger partial charge in [-0.15, -0.1) is 0 Å². The van der Waals surface area contributed by atoms with Crippen LogP contribution in [0.5, 0.6) is 5.75 Å². The fraction of sp³-hybridized carbons (Fsp3) is 0.250. The molecule has 1 N–H and O–H groups in total. The van der Waals surface area contributed by atoms with Crippen molar-refractivity contribution >= 4 is 17.5 Å². The summed E-state index contributed by atoms with van der Waals surface area (Å²) in [5.74, 6) is 0.495. The normalized spacial score (nSPS) is 11.7. The van der Waals surface area contributed by atoms with Crippen molar-refractivity contribution in [2.24, 2.45) is 0 Å². The highest BCUT2D eigenvalue weighted by atomic mass is 35.5. The average Bonchev–Trinajstić information content (AvgIpc) is 2.53. The van der Waals surface area contributed by atoms with Crippen LogP contribution in [0.2, 0.25) is 5.02 Å². The van der Waals surface area contributed by atoms with E-state index in [0.717, 1.165) is 5.56 Å². The van der Waals surface area contributed by atoms with Gasteiger partial charge in [-0.3, -0.25) is 9.78 Å². The van der Waals surface area contributed by atoms with E-state index in [1.807, 2.05) is 19.1 Å². The fourth-order valence-corrected chi connectivity index (χ4v) is 1.93. The third-order valence-electron chi connectivity index (χ3n) is 2.97. The van der Waals surface area contributed by atoms with Crippen LogP contribution < -0.4 is 10.1 Å². The van der Waals surface area contributed by atoms with E-state index in [2.05, 4.69) is 10.3 Å². The molecule has 0 saturated carbocycles. The predicted molar refractivity (Wildman–Crippen MR) is 82.2 cm³/mol. The van der Waals surface area contributed by atoms with Crippen molar-refractivity contribution in [1.29, 1.82) is 0 Å². The first-order chi connectivity index (χ1) is 10.2. The fourth-order valence-electron chi connectivity index (χ4n) is 1.80. The number of aromatic nitrogens is 1. The summed E-state index contributed by atoms with van der Waals surface area (Å²) in [7, 11) is 0. The molecule has 1 atom stereocenters. The van der Waals surface area contributed by atoms with Crippen LogP contribution in [0.4, 0.5) is 0 Å². The second-order valence-corrected chi connectivity index (χ2v) is 4.98. The largest absolute Gasteiger partial charge is 0.481 e. The minimum atomic E-state index is -0.520. The van der Waals surface area contributed by atoms with Gasteiger partial charge >= 0.3 is 0 Å². The minimum Gasteiger partial charge on any atom is -0.481 e. The third-order valence-corrected chi connectivity index (χ3v) is 3.22. The highest BCUT2D eigenvalue weighted by Crippen LogP contribution is 2.17. The molecule has 5 heteroatoms. The lowest BCUT2D eigenvalue weighted by molar-refractivity contribution is -0.128. The molecule has 110 valence electrons. The molecule has 0 fully saturated rings. The van der Waals surface area contributed by atoms with Gasteiger partial charge in [0, 0.05) is 24.0 Å². The van der Waals surface area contributed by atoms with Gasteiger partial charge in [0.05, 0.1) is 0 Å². The number of halogens is 1. The van der Waals surface area contributed by atoms with E-state index in [1.54, 1.807) is 36.7 Å². The highest BCUT2D eigenvalue weighted by molar-refractivity contribution is 6.30. The standard InChI is InChI=1S/C16H17ClN2O2/c1-2-15(21-14-5-3-13(17)4-6-14)16(20)19-11-12-7-9-18-10-8-12/h3-10,15H,2,11H2,1H3,(H,19,20)/t15-/m0/s1. The smallest absolute Gasteiger partial charge is 0.261 e. The van der Waals surface area contributed by atoms with Crippen LogP contribution in [0.15, 0.2) is 48.8 Å². The maximum absolute atomic E-state index is 12.1. The van der Waals surface area contributed by atoms with Crippen LogP contribution in [-0.2, 0) is 11.3 Å². The van der Waals surface area contributed by atoms with E-state index in [-0.39, 0.29) is 5.91 Å². The molecular formula is C16H17ClN2O2. The first-order valence-electron chi connectivity index (χ1n) is 6.78. The summed E-state index contributed by atoms with van der Waals surface area (Å²) in [6.07, 6.45) is 3.46. The van der Waals surface area contributed by atoms with E-state index < -0.39 is 6.10 Å². The van der Waals surface area contributed by atoms with Gasteiger partial charge in [0.25, 0.3) is 5.91 Å². The van der Waals surface area contributed by atoms with Crippen molar-refractivity contribution in [3.8, 4) is 5.75 Å². The number of carbonyl (C=O) groups is 1. The molecular weight excluding hydrogens is 288 g/mol. The molecule has 0 aliphatic heterocycles. The highest BCUT2D eigenvalue weighted by Gasteiger charge is 2.17. The van der Waals surface area contributed by atoms with Gasteiger partial charge in [0.2, 0.25) is 0 Å². The van der Waals surface area contributed by atoms with E-state index >= 15 is 0 Å². The molecule has 0 spiro atoms. The van der Waals surface area contributed by atoms with Crippen molar-refractivity contribution < 1.29 is 9.53 Å². The third kappa shape index (κ3) is 4.76. The number of amides is 1. The van der Waals surface area contributed by atoms with Gasteiger partial charge in [0.1, 0.15) is 5.75 Å². The molecule has 0 bridgehead atoms. The molecule has 1 aromatic heterocycles. The molecule has 21 heavy (non-hydrogen) atoms. The lowest BCUT2D eigenvalue weighted by atomic mass is 10.2. The molecule has 2 rings (SSSR count). The van der Waals surface area contributed by atoms with Crippen LogP contribution in [0.25, 0.3) is 0 Å². The maximum Gasteiger partial charge on any atom is 0.261 e. The zero-order chi connectivity index (χ0) is 15.1. The topological polar surface area (TPSA) is 51.2 Å². The summed E-state index contributed by atoms with van der Waals surface area (Å²) < 4.78 is 5.69. The van der Waals surface area contributed by atoms with Crippen LogP contribution >= 0.6 is 11.6 Å². The maximum atomic E-state index is 12.1. The Morgan fingerprint density at radius 2 is 1.90 bits per heavy atom. The minimum absolute atomic E-state index is 0.135. The summed E-state index contributed by atoms with van der Waals surface area (Å²) in [6.45, 7) is 2.37. The number of pyridine rings is 1. The molecule has 1 amide bonds. The summed E-state index contributed by atoms with van der Waals surface area (Å²) in [5.41, 5.74) is 1.000. The van der Waals surface area contributed by atoms with Crippen LogP contribution in [0.1, 0.15) is 18.9 Å². The van der Waals surface area contributed by atoms with E-state index in [0.29, 0.717) is 23.7 Å². The Labute approximate surface area is 129 Å². The number of benzene rings is 1. The first-order valence-corrected chi connectivity index (χ1v) is 7.15. The Kier molecular flexibility index (Phi) is 5.58. The van der Waals surface area contributed by atoms with Gasteiger partial charge in [-0.25, -0.2) is 0 Å². The zero-order valence-electron chi connectivity index (χ0n) is 11.8. The van der Waals surface area contributed by atoms with Crippen molar-refractivity contribution in [3.05, 3.63) is 59.4 Å². The Hall–Kier alpha value is -2.07. The summed E-state index contributed by atoms with van der Waals surface area (Å²) >= 11 is 5.82. The van der Waals surface area contributed by atoms with Gasteiger partial charge in [-0.05, 0) is 48.4 Å². The molecule has 0 aliphatic carbocycles. The summed E-state index contributed by atoms with van der Waals surface area (Å²) in [5, 5.41) is 3.50. The van der Waals surface area contributed by atoms with E-state index in [1.165, 1.54) is 0 Å². The summed E-state index contributed by atoms with van der Waals surface area (Å²) in [4.78, 5) is 16.1. The number of hydrogen-bond donors (Lipinski definition) is 1. The quantitative estimate of drug-likeness (QED) is 0.891. The second kappa shape index (κ2) is 7.64. The molecule has 0 radical (unpaired) electrons. The Balaban J connectivity index is 1.90. The average molecular weight is 305 g/mol. The lowest BCUT2D eigenvalue weighted by Crippen LogP contribution is -2.37. The number of nitrogens with one attached hydrogen (secondary N) is 1. The van der Waals surface area contributed by atoms with Crippen molar-refractivity contribution in [2.45, 2.75) is 26.0 Å².